The Morgan fingerprint density at radius 1 is 1.03 bits per heavy atom. The zero-order chi connectivity index (χ0) is 21.8. The van der Waals surface area contributed by atoms with Crippen molar-refractivity contribution in [2.45, 2.75) is 38.8 Å². The number of nitrogens with zero attached hydrogens (tertiary/aromatic N) is 2. The molecule has 0 radical (unpaired) electrons. The molecule has 1 atom stereocenters. The van der Waals surface area contributed by atoms with Crippen molar-refractivity contribution in [3.8, 4) is 0 Å². The van der Waals surface area contributed by atoms with E-state index in [1.54, 1.807) is 31.2 Å². The van der Waals surface area contributed by atoms with Gasteiger partial charge in [-0.2, -0.15) is 0 Å². The predicted molar refractivity (Wildman–Crippen MR) is 120 cm³/mol. The summed E-state index contributed by atoms with van der Waals surface area (Å²) in [7, 11) is 0. The smallest absolute Gasteiger partial charge is 0.326 e. The number of rotatable bonds is 6. The van der Waals surface area contributed by atoms with Crippen molar-refractivity contribution in [1.29, 1.82) is 0 Å². The van der Waals surface area contributed by atoms with E-state index in [4.69, 9.17) is 0 Å². The third-order valence-electron chi connectivity index (χ3n) is 5.98. The summed E-state index contributed by atoms with van der Waals surface area (Å²) in [4.78, 5) is 40.8. The Morgan fingerprint density at radius 2 is 1.71 bits per heavy atom. The number of urea groups is 1. The van der Waals surface area contributed by atoms with Gasteiger partial charge < -0.3 is 10.6 Å². The Labute approximate surface area is 182 Å². The molecule has 2 aromatic rings. The minimum Gasteiger partial charge on any atom is -0.326 e. The van der Waals surface area contributed by atoms with Gasteiger partial charge in [-0.3, -0.25) is 14.5 Å². The first-order valence-corrected chi connectivity index (χ1v) is 10.8. The Kier molecular flexibility index (Phi) is 6.32. The van der Waals surface area contributed by atoms with Crippen LogP contribution in [-0.2, 0) is 16.1 Å². The number of anilines is 2. The molecule has 2 aromatic carbocycles. The molecule has 0 aliphatic carbocycles. The first-order chi connectivity index (χ1) is 15.0. The van der Waals surface area contributed by atoms with Crippen LogP contribution >= 0.6 is 0 Å². The van der Waals surface area contributed by atoms with E-state index < -0.39 is 12.1 Å². The minimum absolute atomic E-state index is 0.0888. The lowest BCUT2D eigenvalue weighted by molar-refractivity contribution is -0.118. The third kappa shape index (κ3) is 4.94. The lowest BCUT2D eigenvalue weighted by atomic mass is 9.93. The van der Waals surface area contributed by atoms with Crippen LogP contribution in [0.1, 0.15) is 31.7 Å². The van der Waals surface area contributed by atoms with Gasteiger partial charge in [0, 0.05) is 13.0 Å². The maximum Gasteiger partial charge on any atom is 0.329 e. The van der Waals surface area contributed by atoms with Crippen LogP contribution in [0.2, 0.25) is 0 Å². The number of piperidine rings is 1. The van der Waals surface area contributed by atoms with E-state index >= 15 is 0 Å². The van der Waals surface area contributed by atoms with Crippen molar-refractivity contribution in [2.24, 2.45) is 5.92 Å². The number of benzene rings is 2. The topological polar surface area (TPSA) is 81.8 Å². The average molecular weight is 421 g/mol. The molecule has 0 spiro atoms. The summed E-state index contributed by atoms with van der Waals surface area (Å²) in [6.07, 6.45) is 2.39. The second-order valence-electron chi connectivity index (χ2n) is 8.32. The summed E-state index contributed by atoms with van der Waals surface area (Å²) in [5, 5.41) is 5.52. The molecule has 1 unspecified atom stereocenters. The van der Waals surface area contributed by atoms with Crippen LogP contribution in [-0.4, -0.2) is 41.9 Å². The normalized spacial score (nSPS) is 20.0. The highest BCUT2D eigenvalue weighted by Crippen LogP contribution is 2.29. The number of hydrogen-bond acceptors (Lipinski definition) is 4. The molecule has 0 aromatic heterocycles. The van der Waals surface area contributed by atoms with Crippen LogP contribution < -0.4 is 15.5 Å². The maximum absolute atomic E-state index is 12.7. The maximum atomic E-state index is 12.7. The largest absolute Gasteiger partial charge is 0.329 e. The van der Waals surface area contributed by atoms with Crippen molar-refractivity contribution < 1.29 is 14.4 Å². The molecular formula is C24H28N4O3. The molecule has 2 aliphatic rings. The van der Waals surface area contributed by atoms with Gasteiger partial charge in [-0.05, 0) is 56.5 Å². The second kappa shape index (κ2) is 9.31. The van der Waals surface area contributed by atoms with E-state index in [0.29, 0.717) is 23.7 Å². The first-order valence-electron chi connectivity index (χ1n) is 10.8. The third-order valence-corrected chi connectivity index (χ3v) is 5.98. The van der Waals surface area contributed by atoms with Gasteiger partial charge >= 0.3 is 6.03 Å². The SMILES string of the molecule is CC1NC(=O)N(c2ccccc2NC(=O)CC2CCN(Cc3ccccc3)CC2)C1=O. The molecule has 2 N–H and O–H groups in total. The molecule has 7 heteroatoms. The first kappa shape index (κ1) is 21.1. The summed E-state index contributed by atoms with van der Waals surface area (Å²) >= 11 is 0. The van der Waals surface area contributed by atoms with Crippen LogP contribution in [0.3, 0.4) is 0 Å². The Morgan fingerprint density at radius 3 is 2.39 bits per heavy atom. The monoisotopic (exact) mass is 420 g/mol. The fourth-order valence-corrected chi connectivity index (χ4v) is 4.26. The number of carbonyl (C=O) groups excluding carboxylic acids is 3. The molecule has 2 aliphatic heterocycles. The van der Waals surface area contributed by atoms with Gasteiger partial charge in [-0.1, -0.05) is 42.5 Å². The van der Waals surface area contributed by atoms with Crippen molar-refractivity contribution in [3.05, 3.63) is 60.2 Å². The highest BCUT2D eigenvalue weighted by Gasteiger charge is 2.37. The number of amides is 4. The van der Waals surface area contributed by atoms with E-state index in [1.807, 2.05) is 6.07 Å². The summed E-state index contributed by atoms with van der Waals surface area (Å²) < 4.78 is 0. The molecule has 162 valence electrons. The fourth-order valence-electron chi connectivity index (χ4n) is 4.26. The number of likely N-dealkylation sites (tertiary alicyclic amines) is 1. The van der Waals surface area contributed by atoms with E-state index in [2.05, 4.69) is 39.8 Å². The summed E-state index contributed by atoms with van der Waals surface area (Å²) in [5.41, 5.74) is 2.19. The lowest BCUT2D eigenvalue weighted by Crippen LogP contribution is -2.35. The minimum atomic E-state index is -0.572. The number of hydrogen-bond donors (Lipinski definition) is 2. The highest BCUT2D eigenvalue weighted by molar-refractivity contribution is 6.23. The van der Waals surface area contributed by atoms with E-state index in [-0.39, 0.29) is 11.8 Å². The standard InChI is InChI=1S/C24H28N4O3/c1-17-23(30)28(24(31)25-17)21-10-6-5-9-20(21)26-22(29)15-18-11-13-27(14-12-18)16-19-7-3-2-4-8-19/h2-10,17-18H,11-16H2,1H3,(H,25,31)(H,26,29). The van der Waals surface area contributed by atoms with Crippen LogP contribution in [0.25, 0.3) is 0 Å². The highest BCUT2D eigenvalue weighted by atomic mass is 16.2. The zero-order valence-corrected chi connectivity index (χ0v) is 17.7. The van der Waals surface area contributed by atoms with Gasteiger partial charge in [0.2, 0.25) is 5.91 Å². The van der Waals surface area contributed by atoms with Crippen LogP contribution in [0.4, 0.5) is 16.2 Å². The molecule has 31 heavy (non-hydrogen) atoms. The van der Waals surface area contributed by atoms with E-state index in [1.165, 1.54) is 5.56 Å². The Balaban J connectivity index is 1.32. The Bertz CT molecular complexity index is 954. The van der Waals surface area contributed by atoms with E-state index in [9.17, 15) is 14.4 Å². The molecule has 0 saturated carbocycles. The number of para-hydroxylation sites is 2. The van der Waals surface area contributed by atoms with Crippen LogP contribution in [0, 0.1) is 5.92 Å². The molecule has 2 fully saturated rings. The van der Waals surface area contributed by atoms with Crippen molar-refractivity contribution in [3.63, 3.8) is 0 Å². The van der Waals surface area contributed by atoms with Gasteiger partial charge in [0.15, 0.2) is 0 Å². The van der Waals surface area contributed by atoms with Gasteiger partial charge in [0.05, 0.1) is 11.4 Å². The zero-order valence-electron chi connectivity index (χ0n) is 17.7. The fraction of sp³-hybridized carbons (Fsp3) is 0.375. The predicted octanol–water partition coefficient (Wildman–Crippen LogP) is 3.37. The van der Waals surface area contributed by atoms with Crippen molar-refractivity contribution >= 4 is 29.2 Å². The molecule has 4 amide bonds. The quantitative estimate of drug-likeness (QED) is 0.702. The van der Waals surface area contributed by atoms with Crippen molar-refractivity contribution in [1.82, 2.24) is 10.2 Å². The van der Waals surface area contributed by atoms with E-state index in [0.717, 1.165) is 37.4 Å². The number of imide groups is 1. The molecule has 4 rings (SSSR count). The molecular weight excluding hydrogens is 392 g/mol. The summed E-state index contributed by atoms with van der Waals surface area (Å²) in [5.74, 6) is -0.0810. The summed E-state index contributed by atoms with van der Waals surface area (Å²) in [6.45, 7) is 4.54. The molecule has 2 heterocycles. The van der Waals surface area contributed by atoms with Crippen molar-refractivity contribution in [2.75, 3.05) is 23.3 Å². The van der Waals surface area contributed by atoms with Gasteiger partial charge in [0.25, 0.3) is 5.91 Å². The lowest BCUT2D eigenvalue weighted by Gasteiger charge is -2.31. The molecule has 7 nitrogen and oxygen atoms in total. The second-order valence-corrected chi connectivity index (χ2v) is 8.32. The van der Waals surface area contributed by atoms with Gasteiger partial charge in [-0.15, -0.1) is 0 Å². The van der Waals surface area contributed by atoms with Crippen LogP contribution in [0.15, 0.2) is 54.6 Å². The number of nitrogens with one attached hydrogen (secondary N) is 2. The summed E-state index contributed by atoms with van der Waals surface area (Å²) in [6, 6.07) is 16.3. The Hall–Kier alpha value is -3.19. The average Bonchev–Trinajstić information content (AvgIpc) is 3.02. The van der Waals surface area contributed by atoms with Gasteiger partial charge in [0.1, 0.15) is 6.04 Å². The van der Waals surface area contributed by atoms with Gasteiger partial charge in [-0.25, -0.2) is 9.69 Å². The molecule has 2 saturated heterocycles. The van der Waals surface area contributed by atoms with Crippen LogP contribution in [0.5, 0.6) is 0 Å². The number of carbonyl (C=O) groups is 3. The molecule has 0 bridgehead atoms.